The SMILES string of the molecule is Cc1ccc(O[C@@H](C)C(=O)NCCSCc2ccc(Cl)c(Cl)c2)cc1. The Morgan fingerprint density at radius 2 is 1.88 bits per heavy atom. The number of thioether (sulfide) groups is 1. The minimum Gasteiger partial charge on any atom is -0.481 e. The molecular formula is C19H21Cl2NO2S. The highest BCUT2D eigenvalue weighted by Crippen LogP contribution is 2.24. The van der Waals surface area contributed by atoms with Gasteiger partial charge < -0.3 is 10.1 Å². The van der Waals surface area contributed by atoms with Crippen LogP contribution in [0.3, 0.4) is 0 Å². The van der Waals surface area contributed by atoms with Crippen LogP contribution in [-0.4, -0.2) is 24.3 Å². The summed E-state index contributed by atoms with van der Waals surface area (Å²) in [5, 5.41) is 4.01. The number of hydrogen-bond acceptors (Lipinski definition) is 3. The number of ether oxygens (including phenoxy) is 1. The number of carbonyl (C=O) groups excluding carboxylic acids is 1. The van der Waals surface area contributed by atoms with Crippen molar-refractivity contribution < 1.29 is 9.53 Å². The van der Waals surface area contributed by atoms with Crippen molar-refractivity contribution >= 4 is 40.9 Å². The molecule has 2 aromatic rings. The highest BCUT2D eigenvalue weighted by atomic mass is 35.5. The molecule has 0 saturated carbocycles. The Morgan fingerprint density at radius 1 is 1.16 bits per heavy atom. The van der Waals surface area contributed by atoms with Gasteiger partial charge in [0.15, 0.2) is 6.10 Å². The first-order valence-corrected chi connectivity index (χ1v) is 9.89. The second kappa shape index (κ2) is 9.95. The van der Waals surface area contributed by atoms with Crippen molar-refractivity contribution in [2.45, 2.75) is 25.7 Å². The molecule has 0 spiro atoms. The zero-order valence-corrected chi connectivity index (χ0v) is 16.5. The molecule has 3 nitrogen and oxygen atoms in total. The Kier molecular flexibility index (Phi) is 7.94. The maximum atomic E-state index is 12.1. The first-order valence-electron chi connectivity index (χ1n) is 7.98. The molecular weight excluding hydrogens is 377 g/mol. The number of benzene rings is 2. The lowest BCUT2D eigenvalue weighted by Gasteiger charge is -2.14. The van der Waals surface area contributed by atoms with Gasteiger partial charge in [-0.1, -0.05) is 47.0 Å². The Balaban J connectivity index is 1.65. The predicted octanol–water partition coefficient (Wildman–Crippen LogP) is 5.12. The van der Waals surface area contributed by atoms with Crippen LogP contribution in [0.25, 0.3) is 0 Å². The zero-order chi connectivity index (χ0) is 18.2. The predicted molar refractivity (Wildman–Crippen MR) is 107 cm³/mol. The minimum atomic E-state index is -0.525. The molecule has 1 atom stereocenters. The van der Waals surface area contributed by atoms with Crippen molar-refractivity contribution in [3.63, 3.8) is 0 Å². The van der Waals surface area contributed by atoms with Gasteiger partial charge in [-0.2, -0.15) is 11.8 Å². The van der Waals surface area contributed by atoms with Crippen LogP contribution >= 0.6 is 35.0 Å². The smallest absolute Gasteiger partial charge is 0.260 e. The van der Waals surface area contributed by atoms with Gasteiger partial charge in [0, 0.05) is 18.1 Å². The van der Waals surface area contributed by atoms with E-state index in [0.29, 0.717) is 22.3 Å². The summed E-state index contributed by atoms with van der Waals surface area (Å²) in [6.45, 7) is 4.35. The standard InChI is InChI=1S/C19H21Cl2NO2S/c1-13-3-6-16(7-4-13)24-14(2)19(23)22-9-10-25-12-15-5-8-17(20)18(21)11-15/h3-8,11,14H,9-10,12H2,1-2H3,(H,22,23)/t14-/m0/s1. The summed E-state index contributed by atoms with van der Waals surface area (Å²) in [6.07, 6.45) is -0.525. The van der Waals surface area contributed by atoms with E-state index in [9.17, 15) is 4.79 Å². The molecule has 1 N–H and O–H groups in total. The summed E-state index contributed by atoms with van der Waals surface area (Å²) in [6, 6.07) is 13.3. The third-order valence-corrected chi connectivity index (χ3v) is 5.27. The highest BCUT2D eigenvalue weighted by Gasteiger charge is 2.13. The third kappa shape index (κ3) is 6.81. The lowest BCUT2D eigenvalue weighted by molar-refractivity contribution is -0.127. The highest BCUT2D eigenvalue weighted by molar-refractivity contribution is 7.98. The summed E-state index contributed by atoms with van der Waals surface area (Å²) in [5.41, 5.74) is 2.27. The Labute approximate surface area is 163 Å². The average Bonchev–Trinajstić information content (AvgIpc) is 2.59. The molecule has 0 aromatic heterocycles. The summed E-state index contributed by atoms with van der Waals surface area (Å²) in [4.78, 5) is 12.1. The van der Waals surface area contributed by atoms with Crippen LogP contribution in [0, 0.1) is 6.92 Å². The quantitative estimate of drug-likeness (QED) is 0.628. The van der Waals surface area contributed by atoms with E-state index in [-0.39, 0.29) is 5.91 Å². The second-order valence-corrected chi connectivity index (χ2v) is 7.58. The molecule has 2 aromatic carbocycles. The second-order valence-electron chi connectivity index (χ2n) is 5.67. The number of carbonyl (C=O) groups is 1. The molecule has 0 aliphatic heterocycles. The normalized spacial score (nSPS) is 11.8. The van der Waals surface area contributed by atoms with Crippen molar-refractivity contribution in [1.29, 1.82) is 0 Å². The van der Waals surface area contributed by atoms with Crippen molar-refractivity contribution in [3.8, 4) is 5.75 Å². The summed E-state index contributed by atoms with van der Waals surface area (Å²) < 4.78 is 5.64. The maximum absolute atomic E-state index is 12.1. The molecule has 0 radical (unpaired) electrons. The molecule has 0 aliphatic carbocycles. The zero-order valence-electron chi connectivity index (χ0n) is 14.2. The van der Waals surface area contributed by atoms with Crippen LogP contribution in [0.5, 0.6) is 5.75 Å². The Morgan fingerprint density at radius 3 is 2.56 bits per heavy atom. The first-order chi connectivity index (χ1) is 12.0. The fourth-order valence-corrected chi connectivity index (χ4v) is 3.21. The molecule has 6 heteroatoms. The number of nitrogens with one attached hydrogen (secondary N) is 1. The summed E-state index contributed by atoms with van der Waals surface area (Å²) in [7, 11) is 0. The fourth-order valence-electron chi connectivity index (χ4n) is 2.08. The number of aryl methyl sites for hydroxylation is 1. The van der Waals surface area contributed by atoms with E-state index in [4.69, 9.17) is 27.9 Å². The van der Waals surface area contributed by atoms with Gasteiger partial charge in [0.2, 0.25) is 0 Å². The van der Waals surface area contributed by atoms with Gasteiger partial charge in [-0.05, 0) is 43.7 Å². The lowest BCUT2D eigenvalue weighted by Crippen LogP contribution is -2.37. The van der Waals surface area contributed by atoms with E-state index in [2.05, 4.69) is 5.32 Å². The van der Waals surface area contributed by atoms with Crippen LogP contribution < -0.4 is 10.1 Å². The fraction of sp³-hybridized carbons (Fsp3) is 0.316. The molecule has 0 fully saturated rings. The van der Waals surface area contributed by atoms with Crippen LogP contribution in [0.15, 0.2) is 42.5 Å². The topological polar surface area (TPSA) is 38.3 Å². The molecule has 0 bridgehead atoms. The largest absolute Gasteiger partial charge is 0.481 e. The van der Waals surface area contributed by atoms with Crippen molar-refractivity contribution in [1.82, 2.24) is 5.32 Å². The van der Waals surface area contributed by atoms with E-state index < -0.39 is 6.10 Å². The van der Waals surface area contributed by atoms with E-state index >= 15 is 0 Å². The van der Waals surface area contributed by atoms with Crippen molar-refractivity contribution in [2.75, 3.05) is 12.3 Å². The van der Waals surface area contributed by atoms with Gasteiger partial charge in [0.25, 0.3) is 5.91 Å². The Hall–Kier alpha value is -1.36. The van der Waals surface area contributed by atoms with Crippen LogP contribution in [0.1, 0.15) is 18.1 Å². The van der Waals surface area contributed by atoms with E-state index in [1.54, 1.807) is 24.8 Å². The monoisotopic (exact) mass is 397 g/mol. The van der Waals surface area contributed by atoms with Crippen molar-refractivity contribution in [2.24, 2.45) is 0 Å². The number of hydrogen-bond donors (Lipinski definition) is 1. The molecule has 0 heterocycles. The molecule has 0 saturated heterocycles. The Bertz CT molecular complexity index is 707. The van der Waals surface area contributed by atoms with Gasteiger partial charge in [-0.15, -0.1) is 0 Å². The van der Waals surface area contributed by atoms with E-state index in [1.807, 2.05) is 43.3 Å². The number of halogens is 2. The van der Waals surface area contributed by atoms with Gasteiger partial charge in [0.1, 0.15) is 5.75 Å². The summed E-state index contributed by atoms with van der Waals surface area (Å²) in [5.74, 6) is 2.21. The number of amides is 1. The molecule has 0 unspecified atom stereocenters. The van der Waals surface area contributed by atoms with Crippen LogP contribution in [0.4, 0.5) is 0 Å². The first kappa shape index (κ1) is 20.0. The van der Waals surface area contributed by atoms with Gasteiger partial charge >= 0.3 is 0 Å². The van der Waals surface area contributed by atoms with Gasteiger partial charge in [-0.25, -0.2) is 0 Å². The average molecular weight is 398 g/mol. The lowest BCUT2D eigenvalue weighted by atomic mass is 10.2. The van der Waals surface area contributed by atoms with Crippen molar-refractivity contribution in [3.05, 3.63) is 63.6 Å². The van der Waals surface area contributed by atoms with Gasteiger partial charge in [-0.3, -0.25) is 4.79 Å². The van der Waals surface area contributed by atoms with Gasteiger partial charge in [0.05, 0.1) is 10.0 Å². The molecule has 25 heavy (non-hydrogen) atoms. The maximum Gasteiger partial charge on any atom is 0.260 e. The molecule has 2 rings (SSSR count). The third-order valence-electron chi connectivity index (χ3n) is 3.50. The minimum absolute atomic E-state index is 0.115. The number of rotatable bonds is 8. The van der Waals surface area contributed by atoms with E-state index in [1.165, 1.54) is 0 Å². The van der Waals surface area contributed by atoms with Crippen LogP contribution in [-0.2, 0) is 10.5 Å². The molecule has 1 amide bonds. The van der Waals surface area contributed by atoms with E-state index in [0.717, 1.165) is 22.6 Å². The summed E-state index contributed by atoms with van der Waals surface area (Å²) >= 11 is 13.6. The van der Waals surface area contributed by atoms with Crippen LogP contribution in [0.2, 0.25) is 10.0 Å². The molecule has 0 aliphatic rings. The molecule has 134 valence electrons.